The van der Waals surface area contributed by atoms with Gasteiger partial charge in [-0.2, -0.15) is 0 Å². The summed E-state index contributed by atoms with van der Waals surface area (Å²) in [6, 6.07) is 13.5. The van der Waals surface area contributed by atoms with E-state index in [9.17, 15) is 0 Å². The Labute approximate surface area is 164 Å². The molecule has 4 nitrogen and oxygen atoms in total. The van der Waals surface area contributed by atoms with Crippen molar-refractivity contribution < 1.29 is 4.42 Å². The van der Waals surface area contributed by atoms with Crippen LogP contribution in [-0.2, 0) is 18.5 Å². The lowest BCUT2D eigenvalue weighted by atomic mass is 9.73. The molecule has 1 spiro atoms. The minimum Gasteiger partial charge on any atom is -0.468 e. The second-order valence-corrected chi connectivity index (χ2v) is 8.77. The summed E-state index contributed by atoms with van der Waals surface area (Å²) in [4.78, 5) is 7.02. The number of thiazole rings is 1. The van der Waals surface area contributed by atoms with E-state index in [1.807, 2.05) is 18.3 Å². The van der Waals surface area contributed by atoms with Crippen LogP contribution in [0, 0.1) is 0 Å². The maximum Gasteiger partial charge on any atom is 0.117 e. The Hall–Kier alpha value is -1.95. The average molecular weight is 380 g/mol. The molecule has 1 aliphatic carbocycles. The largest absolute Gasteiger partial charge is 0.468 e. The molecule has 1 atom stereocenters. The highest BCUT2D eigenvalue weighted by Gasteiger charge is 2.45. The second-order valence-electron chi connectivity index (χ2n) is 7.79. The van der Waals surface area contributed by atoms with Gasteiger partial charge in [0.2, 0.25) is 0 Å². The molecule has 27 heavy (non-hydrogen) atoms. The average Bonchev–Trinajstić information content (AvgIpc) is 3.45. The second kappa shape index (κ2) is 7.23. The van der Waals surface area contributed by atoms with Crippen molar-refractivity contribution in [3.05, 3.63) is 76.1 Å². The fourth-order valence-electron chi connectivity index (χ4n) is 4.85. The summed E-state index contributed by atoms with van der Waals surface area (Å²) in [6.45, 7) is 4.09. The molecule has 5 heteroatoms. The highest BCUT2D eigenvalue weighted by molar-refractivity contribution is 7.09. The number of furan rings is 1. The van der Waals surface area contributed by atoms with Crippen LogP contribution in [0.4, 0.5) is 0 Å². The highest BCUT2D eigenvalue weighted by atomic mass is 32.1. The van der Waals surface area contributed by atoms with Gasteiger partial charge < -0.3 is 9.73 Å². The molecule has 2 aliphatic rings. The van der Waals surface area contributed by atoms with Crippen molar-refractivity contribution in [3.63, 3.8) is 0 Å². The predicted molar refractivity (Wildman–Crippen MR) is 108 cm³/mol. The van der Waals surface area contributed by atoms with Crippen molar-refractivity contribution >= 4 is 11.3 Å². The topological polar surface area (TPSA) is 41.3 Å². The SMILES string of the molecule is c1coc(CN[C@@H]2CC3(CCN(Cc4nccs4)CC3)c3ccccc32)c1. The molecule has 0 unspecified atom stereocenters. The van der Waals surface area contributed by atoms with Crippen LogP contribution < -0.4 is 5.32 Å². The van der Waals surface area contributed by atoms with Crippen molar-refractivity contribution in [2.24, 2.45) is 0 Å². The molecule has 3 heterocycles. The molecule has 0 amide bonds. The quantitative estimate of drug-likeness (QED) is 0.708. The highest BCUT2D eigenvalue weighted by Crippen LogP contribution is 2.50. The van der Waals surface area contributed by atoms with Gasteiger partial charge in [-0.05, 0) is 61.0 Å². The molecular weight excluding hydrogens is 354 g/mol. The molecule has 140 valence electrons. The first-order valence-electron chi connectivity index (χ1n) is 9.78. The van der Waals surface area contributed by atoms with E-state index in [1.165, 1.54) is 29.8 Å². The molecule has 0 bridgehead atoms. The third kappa shape index (κ3) is 3.35. The number of aromatic nitrogens is 1. The first-order chi connectivity index (χ1) is 13.3. The first-order valence-corrected chi connectivity index (χ1v) is 10.7. The summed E-state index contributed by atoms with van der Waals surface area (Å²) in [5.74, 6) is 1.01. The molecule has 0 saturated carbocycles. The summed E-state index contributed by atoms with van der Waals surface area (Å²) < 4.78 is 5.51. The lowest BCUT2D eigenvalue weighted by Gasteiger charge is -2.40. The molecule has 5 rings (SSSR count). The van der Waals surface area contributed by atoms with Gasteiger partial charge in [0.25, 0.3) is 0 Å². The number of hydrogen-bond acceptors (Lipinski definition) is 5. The van der Waals surface area contributed by atoms with Gasteiger partial charge in [-0.25, -0.2) is 4.98 Å². The normalized spacial score (nSPS) is 21.6. The first kappa shape index (κ1) is 17.2. The van der Waals surface area contributed by atoms with Gasteiger partial charge in [0.1, 0.15) is 10.8 Å². The van der Waals surface area contributed by atoms with Crippen molar-refractivity contribution in [2.75, 3.05) is 13.1 Å². The van der Waals surface area contributed by atoms with E-state index < -0.39 is 0 Å². The third-order valence-corrected chi connectivity index (χ3v) is 7.03. The van der Waals surface area contributed by atoms with E-state index >= 15 is 0 Å². The number of nitrogens with zero attached hydrogens (tertiary/aromatic N) is 2. The number of nitrogens with one attached hydrogen (secondary N) is 1. The molecule has 1 N–H and O–H groups in total. The summed E-state index contributed by atoms with van der Waals surface area (Å²) in [7, 11) is 0. The van der Waals surface area contributed by atoms with Crippen molar-refractivity contribution in [2.45, 2.75) is 43.8 Å². The Morgan fingerprint density at radius 1 is 1.19 bits per heavy atom. The number of piperidine rings is 1. The standard InChI is InChI=1S/C22H25N3OS/c1-2-6-19-18(5-1)20(24-15-17-4-3-12-26-17)14-22(19)7-10-25(11-8-22)16-21-23-9-13-27-21/h1-6,9,12-13,20,24H,7-8,10-11,14-16H2/t20-/m1/s1. The van der Waals surface area contributed by atoms with Crippen LogP contribution in [0.15, 0.2) is 58.7 Å². The molecular formula is C22H25N3OS. The number of hydrogen-bond donors (Lipinski definition) is 1. The fraction of sp³-hybridized carbons (Fsp3) is 0.409. The minimum absolute atomic E-state index is 0.316. The van der Waals surface area contributed by atoms with Gasteiger partial charge in [0.05, 0.1) is 19.4 Å². The maximum atomic E-state index is 5.51. The lowest BCUT2D eigenvalue weighted by Crippen LogP contribution is -2.41. The minimum atomic E-state index is 0.316. The van der Waals surface area contributed by atoms with E-state index in [0.29, 0.717) is 11.5 Å². The monoisotopic (exact) mass is 379 g/mol. The Morgan fingerprint density at radius 2 is 2.07 bits per heavy atom. The van der Waals surface area contributed by atoms with Crippen LogP contribution in [0.25, 0.3) is 0 Å². The number of likely N-dealkylation sites (tertiary alicyclic amines) is 1. The molecule has 1 saturated heterocycles. The Kier molecular flexibility index (Phi) is 4.60. The van der Waals surface area contributed by atoms with Crippen LogP contribution in [-0.4, -0.2) is 23.0 Å². The van der Waals surface area contributed by atoms with Crippen LogP contribution in [0.1, 0.15) is 47.2 Å². The van der Waals surface area contributed by atoms with Crippen molar-refractivity contribution in [1.82, 2.24) is 15.2 Å². The van der Waals surface area contributed by atoms with Crippen molar-refractivity contribution in [3.8, 4) is 0 Å². The van der Waals surface area contributed by atoms with Crippen LogP contribution in [0.3, 0.4) is 0 Å². The zero-order valence-electron chi connectivity index (χ0n) is 15.4. The van der Waals surface area contributed by atoms with Gasteiger partial charge in [-0.1, -0.05) is 24.3 Å². The van der Waals surface area contributed by atoms with Gasteiger partial charge in [-0.15, -0.1) is 11.3 Å². The van der Waals surface area contributed by atoms with Crippen LogP contribution >= 0.6 is 11.3 Å². The van der Waals surface area contributed by atoms with E-state index in [-0.39, 0.29) is 0 Å². The number of benzene rings is 1. The van der Waals surface area contributed by atoms with Gasteiger partial charge in [0, 0.05) is 17.6 Å². The molecule has 0 radical (unpaired) electrons. The summed E-state index contributed by atoms with van der Waals surface area (Å²) in [6.07, 6.45) is 7.31. The summed E-state index contributed by atoms with van der Waals surface area (Å²) in [5, 5.41) is 7.05. The third-order valence-electron chi connectivity index (χ3n) is 6.26. The maximum absolute atomic E-state index is 5.51. The molecule has 3 aromatic rings. The van der Waals surface area contributed by atoms with Gasteiger partial charge in [0.15, 0.2) is 0 Å². The lowest BCUT2D eigenvalue weighted by molar-refractivity contribution is 0.146. The molecule has 1 aliphatic heterocycles. The zero-order chi connectivity index (χ0) is 18.1. The number of fused-ring (bicyclic) bond motifs is 2. The van der Waals surface area contributed by atoms with Crippen LogP contribution in [0.5, 0.6) is 0 Å². The Morgan fingerprint density at radius 3 is 2.85 bits per heavy atom. The van der Waals surface area contributed by atoms with Crippen molar-refractivity contribution in [1.29, 1.82) is 0 Å². The van der Waals surface area contributed by atoms with E-state index in [0.717, 1.165) is 31.9 Å². The predicted octanol–water partition coefficient (Wildman–Crippen LogP) is 4.50. The fourth-order valence-corrected chi connectivity index (χ4v) is 5.51. The zero-order valence-corrected chi connectivity index (χ0v) is 16.3. The van der Waals surface area contributed by atoms with Crippen LogP contribution in [0.2, 0.25) is 0 Å². The van der Waals surface area contributed by atoms with E-state index in [4.69, 9.17) is 4.42 Å². The van der Waals surface area contributed by atoms with Gasteiger partial charge >= 0.3 is 0 Å². The molecule has 1 aromatic carbocycles. The van der Waals surface area contributed by atoms with E-state index in [1.54, 1.807) is 23.2 Å². The molecule has 2 aromatic heterocycles. The summed E-state index contributed by atoms with van der Waals surface area (Å²) in [5.41, 5.74) is 3.37. The smallest absolute Gasteiger partial charge is 0.117 e. The Balaban J connectivity index is 1.30. The molecule has 1 fully saturated rings. The number of rotatable bonds is 5. The van der Waals surface area contributed by atoms with Gasteiger partial charge in [-0.3, -0.25) is 4.90 Å². The Bertz CT molecular complexity index is 867. The van der Waals surface area contributed by atoms with E-state index in [2.05, 4.69) is 44.8 Å². The summed E-state index contributed by atoms with van der Waals surface area (Å²) >= 11 is 1.76.